The van der Waals surface area contributed by atoms with E-state index in [2.05, 4.69) is 20.3 Å². The molecule has 0 bridgehead atoms. The summed E-state index contributed by atoms with van der Waals surface area (Å²) in [4.78, 5) is 12.0. The second kappa shape index (κ2) is 4.02. The van der Waals surface area contributed by atoms with Crippen LogP contribution >= 0.6 is 0 Å². The van der Waals surface area contributed by atoms with Gasteiger partial charge in [0.15, 0.2) is 5.82 Å². The summed E-state index contributed by atoms with van der Waals surface area (Å²) < 4.78 is 4.66. The SMILES string of the molecule is CC1(C(=O)Nc2ccon2)CCNCC1. The van der Waals surface area contributed by atoms with Crippen LogP contribution in [0.4, 0.5) is 5.82 Å². The summed E-state index contributed by atoms with van der Waals surface area (Å²) in [5, 5.41) is 9.66. The molecule has 5 heteroatoms. The molecule has 0 spiro atoms. The van der Waals surface area contributed by atoms with Crippen LogP contribution in [0.5, 0.6) is 0 Å². The van der Waals surface area contributed by atoms with Crippen LogP contribution in [0.2, 0.25) is 0 Å². The third-order valence-corrected chi connectivity index (χ3v) is 2.93. The second-order valence-electron chi connectivity index (χ2n) is 4.15. The second-order valence-corrected chi connectivity index (χ2v) is 4.15. The molecular weight excluding hydrogens is 194 g/mol. The van der Waals surface area contributed by atoms with Crippen molar-refractivity contribution >= 4 is 11.7 Å². The van der Waals surface area contributed by atoms with Crippen LogP contribution in [0.1, 0.15) is 19.8 Å². The van der Waals surface area contributed by atoms with E-state index in [4.69, 9.17) is 0 Å². The quantitative estimate of drug-likeness (QED) is 0.762. The fraction of sp³-hybridized carbons (Fsp3) is 0.600. The first-order valence-electron chi connectivity index (χ1n) is 5.13. The molecule has 1 amide bonds. The summed E-state index contributed by atoms with van der Waals surface area (Å²) in [7, 11) is 0. The van der Waals surface area contributed by atoms with Crippen molar-refractivity contribution in [1.29, 1.82) is 0 Å². The number of anilines is 1. The molecule has 0 aromatic carbocycles. The summed E-state index contributed by atoms with van der Waals surface area (Å²) in [6, 6.07) is 1.64. The van der Waals surface area contributed by atoms with Gasteiger partial charge in [0.25, 0.3) is 0 Å². The largest absolute Gasteiger partial charge is 0.363 e. The van der Waals surface area contributed by atoms with Gasteiger partial charge >= 0.3 is 0 Å². The van der Waals surface area contributed by atoms with Gasteiger partial charge in [0.2, 0.25) is 5.91 Å². The zero-order valence-electron chi connectivity index (χ0n) is 8.75. The van der Waals surface area contributed by atoms with Crippen LogP contribution < -0.4 is 10.6 Å². The molecule has 2 N–H and O–H groups in total. The number of hydrogen-bond acceptors (Lipinski definition) is 4. The molecule has 1 aromatic rings. The van der Waals surface area contributed by atoms with E-state index in [-0.39, 0.29) is 11.3 Å². The van der Waals surface area contributed by atoms with Crippen LogP contribution in [0.3, 0.4) is 0 Å². The summed E-state index contributed by atoms with van der Waals surface area (Å²) in [6.45, 7) is 3.77. The van der Waals surface area contributed by atoms with Crippen molar-refractivity contribution in [3.05, 3.63) is 12.3 Å². The summed E-state index contributed by atoms with van der Waals surface area (Å²) in [6.07, 6.45) is 3.16. The molecule has 0 radical (unpaired) electrons. The first-order chi connectivity index (χ1) is 7.21. The minimum absolute atomic E-state index is 0.0258. The molecule has 0 atom stereocenters. The number of nitrogens with zero attached hydrogens (tertiary/aromatic N) is 1. The number of nitrogens with one attached hydrogen (secondary N) is 2. The Morgan fingerprint density at radius 3 is 2.93 bits per heavy atom. The number of carbonyl (C=O) groups excluding carboxylic acids is 1. The highest BCUT2D eigenvalue weighted by Crippen LogP contribution is 2.29. The molecule has 1 aromatic heterocycles. The van der Waals surface area contributed by atoms with Crippen LogP contribution in [0.15, 0.2) is 16.9 Å². The van der Waals surface area contributed by atoms with Crippen molar-refractivity contribution in [2.45, 2.75) is 19.8 Å². The molecule has 0 aliphatic carbocycles. The Hall–Kier alpha value is -1.36. The van der Waals surface area contributed by atoms with Crippen LogP contribution in [-0.4, -0.2) is 24.2 Å². The van der Waals surface area contributed by atoms with Crippen molar-refractivity contribution in [3.63, 3.8) is 0 Å². The van der Waals surface area contributed by atoms with Gasteiger partial charge < -0.3 is 15.2 Å². The highest BCUT2D eigenvalue weighted by molar-refractivity contribution is 5.94. The van der Waals surface area contributed by atoms with E-state index in [9.17, 15) is 4.79 Å². The Bertz CT molecular complexity index is 328. The molecule has 1 fully saturated rings. The molecule has 0 unspecified atom stereocenters. The first kappa shape index (κ1) is 10.2. The highest BCUT2D eigenvalue weighted by atomic mass is 16.5. The lowest BCUT2D eigenvalue weighted by molar-refractivity contribution is -0.126. The minimum atomic E-state index is -0.287. The highest BCUT2D eigenvalue weighted by Gasteiger charge is 2.34. The van der Waals surface area contributed by atoms with Crippen LogP contribution in [0, 0.1) is 5.41 Å². The Kier molecular flexibility index (Phi) is 2.73. The van der Waals surface area contributed by atoms with E-state index in [1.165, 1.54) is 6.26 Å². The predicted molar refractivity (Wildman–Crippen MR) is 55.3 cm³/mol. The van der Waals surface area contributed by atoms with E-state index in [0.717, 1.165) is 25.9 Å². The predicted octanol–water partition coefficient (Wildman–Crippen LogP) is 1.00. The maximum Gasteiger partial charge on any atom is 0.231 e. The summed E-state index contributed by atoms with van der Waals surface area (Å²) in [5.74, 6) is 0.512. The van der Waals surface area contributed by atoms with Crippen LogP contribution in [0.25, 0.3) is 0 Å². The van der Waals surface area contributed by atoms with Crippen molar-refractivity contribution in [3.8, 4) is 0 Å². The van der Waals surface area contributed by atoms with Crippen molar-refractivity contribution < 1.29 is 9.32 Å². The van der Waals surface area contributed by atoms with Gasteiger partial charge in [0.1, 0.15) is 6.26 Å². The number of aromatic nitrogens is 1. The van der Waals surface area contributed by atoms with Crippen LogP contribution in [-0.2, 0) is 4.79 Å². The van der Waals surface area contributed by atoms with Gasteiger partial charge in [-0.1, -0.05) is 12.1 Å². The van der Waals surface area contributed by atoms with E-state index >= 15 is 0 Å². The lowest BCUT2D eigenvalue weighted by Gasteiger charge is -2.32. The zero-order chi connectivity index (χ0) is 10.7. The van der Waals surface area contributed by atoms with E-state index < -0.39 is 0 Å². The summed E-state index contributed by atoms with van der Waals surface area (Å²) in [5.41, 5.74) is -0.287. The average molecular weight is 209 g/mol. The molecule has 82 valence electrons. The Morgan fingerprint density at radius 2 is 2.33 bits per heavy atom. The number of hydrogen-bond donors (Lipinski definition) is 2. The number of piperidine rings is 1. The maximum atomic E-state index is 12.0. The van der Waals surface area contributed by atoms with Crippen molar-refractivity contribution in [2.75, 3.05) is 18.4 Å². The number of carbonyl (C=O) groups is 1. The topological polar surface area (TPSA) is 67.2 Å². The van der Waals surface area contributed by atoms with Gasteiger partial charge in [0, 0.05) is 11.5 Å². The molecule has 2 rings (SSSR count). The van der Waals surface area contributed by atoms with Gasteiger partial charge in [-0.2, -0.15) is 0 Å². The van der Waals surface area contributed by atoms with E-state index in [1.807, 2.05) is 6.92 Å². The fourth-order valence-electron chi connectivity index (χ4n) is 1.75. The number of amides is 1. The zero-order valence-corrected chi connectivity index (χ0v) is 8.75. The Morgan fingerprint density at radius 1 is 1.60 bits per heavy atom. The van der Waals surface area contributed by atoms with Gasteiger partial charge in [-0.3, -0.25) is 4.79 Å². The lowest BCUT2D eigenvalue weighted by atomic mass is 9.80. The van der Waals surface area contributed by atoms with Gasteiger partial charge in [-0.25, -0.2) is 0 Å². The monoisotopic (exact) mass is 209 g/mol. The third-order valence-electron chi connectivity index (χ3n) is 2.93. The van der Waals surface area contributed by atoms with Gasteiger partial charge in [-0.15, -0.1) is 0 Å². The minimum Gasteiger partial charge on any atom is -0.363 e. The third kappa shape index (κ3) is 2.18. The maximum absolute atomic E-state index is 12.0. The van der Waals surface area contributed by atoms with Crippen molar-refractivity contribution in [2.24, 2.45) is 5.41 Å². The Balaban J connectivity index is 2.00. The van der Waals surface area contributed by atoms with Gasteiger partial charge in [-0.05, 0) is 25.9 Å². The normalized spacial score (nSPS) is 19.8. The molecule has 1 saturated heterocycles. The number of rotatable bonds is 2. The van der Waals surface area contributed by atoms with Gasteiger partial charge in [0.05, 0.1) is 0 Å². The molecule has 0 saturated carbocycles. The van der Waals surface area contributed by atoms with E-state index in [0.29, 0.717) is 5.82 Å². The molecule has 2 heterocycles. The van der Waals surface area contributed by atoms with Crippen molar-refractivity contribution in [1.82, 2.24) is 10.5 Å². The standard InChI is InChI=1S/C10H15N3O2/c1-10(3-5-11-6-4-10)9(14)12-8-2-7-15-13-8/h2,7,11H,3-6H2,1H3,(H,12,13,14). The first-order valence-corrected chi connectivity index (χ1v) is 5.13. The van der Waals surface area contributed by atoms with E-state index in [1.54, 1.807) is 6.07 Å². The fourth-order valence-corrected chi connectivity index (χ4v) is 1.75. The molecular formula is C10H15N3O2. The molecule has 15 heavy (non-hydrogen) atoms. The lowest BCUT2D eigenvalue weighted by Crippen LogP contribution is -2.42. The smallest absolute Gasteiger partial charge is 0.231 e. The Labute approximate surface area is 88.2 Å². The average Bonchev–Trinajstić information content (AvgIpc) is 2.71. The summed E-state index contributed by atoms with van der Waals surface area (Å²) >= 11 is 0. The molecule has 1 aliphatic rings. The molecule has 1 aliphatic heterocycles. The molecule has 5 nitrogen and oxygen atoms in total.